The Morgan fingerprint density at radius 3 is 2.55 bits per heavy atom. The number of amides is 1. The molecule has 2 rings (SSSR count). The van der Waals surface area contributed by atoms with Gasteiger partial charge >= 0.3 is 13.1 Å². The van der Waals surface area contributed by atoms with Crippen LogP contribution in [0, 0.1) is 0 Å². The molecule has 1 aliphatic heterocycles. The van der Waals surface area contributed by atoms with E-state index in [9.17, 15) is 19.6 Å². The van der Waals surface area contributed by atoms with E-state index in [1.165, 1.54) is 11.0 Å². The van der Waals surface area contributed by atoms with Crippen molar-refractivity contribution < 1.29 is 24.4 Å². The zero-order valence-electron chi connectivity index (χ0n) is 13.2. The van der Waals surface area contributed by atoms with E-state index in [-0.39, 0.29) is 11.4 Å². The minimum Gasteiger partial charge on any atom is -0.458 e. The monoisotopic (exact) mass is 305 g/mol. The molecule has 0 saturated heterocycles. The highest BCUT2D eigenvalue weighted by molar-refractivity contribution is 6.58. The van der Waals surface area contributed by atoms with Crippen LogP contribution in [0.5, 0.6) is 0 Å². The molecule has 0 radical (unpaired) electrons. The molecule has 0 saturated carbocycles. The van der Waals surface area contributed by atoms with Gasteiger partial charge in [-0.25, -0.2) is 4.79 Å². The Morgan fingerprint density at radius 2 is 2.00 bits per heavy atom. The summed E-state index contributed by atoms with van der Waals surface area (Å²) in [6.45, 7) is 7.24. The Morgan fingerprint density at radius 1 is 1.36 bits per heavy atom. The fraction of sp³-hybridized carbons (Fsp3) is 0.467. The summed E-state index contributed by atoms with van der Waals surface area (Å²) in [6.07, 6.45) is 0. The Balaban J connectivity index is 2.19. The lowest BCUT2D eigenvalue weighted by Gasteiger charge is -2.27. The number of rotatable bonds is 3. The number of esters is 1. The van der Waals surface area contributed by atoms with Crippen LogP contribution in [0.25, 0.3) is 0 Å². The van der Waals surface area contributed by atoms with Gasteiger partial charge < -0.3 is 19.7 Å². The van der Waals surface area contributed by atoms with E-state index in [1.807, 2.05) is 0 Å². The molecule has 6 nitrogen and oxygen atoms in total. The number of ether oxygens (including phenoxy) is 1. The summed E-state index contributed by atoms with van der Waals surface area (Å²) < 4.78 is 5.31. The molecule has 7 heteroatoms. The maximum absolute atomic E-state index is 12.4. The first-order valence-electron chi connectivity index (χ1n) is 7.13. The van der Waals surface area contributed by atoms with Crippen molar-refractivity contribution in [1.82, 2.24) is 4.90 Å². The number of benzene rings is 1. The van der Waals surface area contributed by atoms with Crippen LogP contribution in [0.3, 0.4) is 0 Å². The van der Waals surface area contributed by atoms with E-state index >= 15 is 0 Å². The first-order chi connectivity index (χ1) is 10.1. The summed E-state index contributed by atoms with van der Waals surface area (Å²) >= 11 is 0. The number of carbonyl (C=O) groups excluding carboxylic acids is 2. The van der Waals surface area contributed by atoms with Gasteiger partial charge in [-0.05, 0) is 44.8 Å². The van der Waals surface area contributed by atoms with Crippen molar-refractivity contribution in [3.63, 3.8) is 0 Å². The number of hydrogen-bond donors (Lipinski definition) is 2. The minimum absolute atomic E-state index is 0.249. The van der Waals surface area contributed by atoms with Crippen LogP contribution in [0.4, 0.5) is 0 Å². The van der Waals surface area contributed by atoms with Crippen molar-refractivity contribution in [3.8, 4) is 0 Å². The summed E-state index contributed by atoms with van der Waals surface area (Å²) in [5, 5.41) is 18.4. The van der Waals surface area contributed by atoms with Crippen LogP contribution < -0.4 is 5.46 Å². The van der Waals surface area contributed by atoms with Crippen molar-refractivity contribution in [2.45, 2.75) is 45.9 Å². The van der Waals surface area contributed by atoms with Crippen molar-refractivity contribution in [2.24, 2.45) is 0 Å². The highest BCUT2D eigenvalue weighted by Gasteiger charge is 2.36. The van der Waals surface area contributed by atoms with Crippen LogP contribution in [0.1, 0.15) is 43.6 Å². The predicted molar refractivity (Wildman–Crippen MR) is 81.4 cm³/mol. The van der Waals surface area contributed by atoms with E-state index in [2.05, 4.69) is 0 Å². The summed E-state index contributed by atoms with van der Waals surface area (Å²) in [7, 11) is -1.63. The molecule has 1 atom stereocenters. The highest BCUT2D eigenvalue weighted by atomic mass is 16.6. The molecule has 0 fully saturated rings. The van der Waals surface area contributed by atoms with Crippen LogP contribution in [-0.2, 0) is 16.1 Å². The normalized spacial score (nSPS) is 15.5. The largest absolute Gasteiger partial charge is 0.488 e. The maximum Gasteiger partial charge on any atom is 0.488 e. The first kappa shape index (κ1) is 16.5. The molecule has 1 aliphatic rings. The van der Waals surface area contributed by atoms with E-state index in [0.717, 1.165) is 5.56 Å². The predicted octanol–water partition coefficient (Wildman–Crippen LogP) is 0.0524. The lowest BCUT2D eigenvalue weighted by Crippen LogP contribution is -2.42. The Hall–Kier alpha value is -1.86. The average molecular weight is 305 g/mol. The number of nitrogens with zero attached hydrogens (tertiary/aromatic N) is 1. The highest BCUT2D eigenvalue weighted by Crippen LogP contribution is 2.25. The zero-order chi connectivity index (χ0) is 16.7. The first-order valence-corrected chi connectivity index (χ1v) is 7.13. The molecule has 1 heterocycles. The molecule has 0 spiro atoms. The third-order valence-corrected chi connectivity index (χ3v) is 3.48. The van der Waals surface area contributed by atoms with Gasteiger partial charge in [-0.15, -0.1) is 0 Å². The smallest absolute Gasteiger partial charge is 0.458 e. The second kappa shape index (κ2) is 5.74. The molecule has 1 aromatic carbocycles. The van der Waals surface area contributed by atoms with Gasteiger partial charge in [0.15, 0.2) is 0 Å². The Bertz CT molecular complexity index is 608. The van der Waals surface area contributed by atoms with Gasteiger partial charge in [-0.3, -0.25) is 4.79 Å². The Labute approximate surface area is 129 Å². The van der Waals surface area contributed by atoms with Crippen molar-refractivity contribution >= 4 is 24.5 Å². The van der Waals surface area contributed by atoms with Crippen molar-refractivity contribution in [3.05, 3.63) is 29.3 Å². The number of fused-ring (bicyclic) bond motifs is 1. The van der Waals surface area contributed by atoms with Crippen LogP contribution >= 0.6 is 0 Å². The van der Waals surface area contributed by atoms with Gasteiger partial charge in [0, 0.05) is 12.1 Å². The lowest BCUT2D eigenvalue weighted by atomic mass is 9.79. The fourth-order valence-electron chi connectivity index (χ4n) is 2.33. The van der Waals surface area contributed by atoms with Crippen molar-refractivity contribution in [1.29, 1.82) is 0 Å². The summed E-state index contributed by atoms with van der Waals surface area (Å²) in [4.78, 5) is 26.0. The minimum atomic E-state index is -1.63. The van der Waals surface area contributed by atoms with Gasteiger partial charge in [0.25, 0.3) is 5.91 Å². The van der Waals surface area contributed by atoms with Gasteiger partial charge in [0.1, 0.15) is 11.6 Å². The second-order valence-electron chi connectivity index (χ2n) is 6.43. The van der Waals surface area contributed by atoms with E-state index in [1.54, 1.807) is 39.8 Å². The molecule has 0 aliphatic carbocycles. The lowest BCUT2D eigenvalue weighted by molar-refractivity contribution is -0.159. The molecular weight excluding hydrogens is 285 g/mol. The SMILES string of the molecule is C[C@H](C(=O)OC(C)(C)C)N1Cc2ccc(B(O)O)cc2C1=O. The van der Waals surface area contributed by atoms with E-state index in [4.69, 9.17) is 4.74 Å². The molecule has 2 N–H and O–H groups in total. The third kappa shape index (κ3) is 3.31. The molecule has 1 aromatic rings. The molecular formula is C15H20BNO5. The number of hydrogen-bond acceptors (Lipinski definition) is 5. The number of carbonyl (C=O) groups is 2. The van der Waals surface area contributed by atoms with Gasteiger partial charge in [-0.2, -0.15) is 0 Å². The maximum atomic E-state index is 12.4. The third-order valence-electron chi connectivity index (χ3n) is 3.48. The van der Waals surface area contributed by atoms with Gasteiger partial charge in [0.2, 0.25) is 0 Å². The standard InChI is InChI=1S/C15H20BNO5/c1-9(14(19)22-15(2,3)4)17-8-10-5-6-11(16(20)21)7-12(10)13(17)18/h5-7,9,20-21H,8H2,1-4H3/t9-/m1/s1. The summed E-state index contributed by atoms with van der Waals surface area (Å²) in [5.41, 5.74) is 0.777. The van der Waals surface area contributed by atoms with E-state index < -0.39 is 24.7 Å². The molecule has 1 amide bonds. The molecule has 118 valence electrons. The topological polar surface area (TPSA) is 87.1 Å². The van der Waals surface area contributed by atoms with Crippen LogP contribution in [0.15, 0.2) is 18.2 Å². The molecule has 0 bridgehead atoms. The fourth-order valence-corrected chi connectivity index (χ4v) is 2.33. The summed E-state index contributed by atoms with van der Waals surface area (Å²) in [5.74, 6) is -0.771. The van der Waals surface area contributed by atoms with Crippen LogP contribution in [0.2, 0.25) is 0 Å². The zero-order valence-corrected chi connectivity index (χ0v) is 13.2. The molecule has 0 aromatic heterocycles. The Kier molecular flexibility index (Phi) is 4.31. The summed E-state index contributed by atoms with van der Waals surface area (Å²) in [6, 6.07) is 3.97. The van der Waals surface area contributed by atoms with E-state index in [0.29, 0.717) is 12.1 Å². The molecule has 22 heavy (non-hydrogen) atoms. The van der Waals surface area contributed by atoms with Crippen LogP contribution in [-0.4, -0.2) is 45.6 Å². The van der Waals surface area contributed by atoms with Gasteiger partial charge in [0.05, 0.1) is 0 Å². The average Bonchev–Trinajstić information content (AvgIpc) is 2.72. The second-order valence-corrected chi connectivity index (χ2v) is 6.43. The quantitative estimate of drug-likeness (QED) is 0.609. The van der Waals surface area contributed by atoms with Crippen molar-refractivity contribution in [2.75, 3.05) is 0 Å². The molecule has 0 unspecified atom stereocenters. The van der Waals surface area contributed by atoms with Gasteiger partial charge in [-0.1, -0.05) is 12.1 Å².